The molecule has 0 aliphatic carbocycles. The first-order valence-electron chi connectivity index (χ1n) is 9.62. The molecule has 0 saturated carbocycles. The molecule has 1 atom stereocenters. The normalized spacial score (nSPS) is 12.5. The molecule has 32 heavy (non-hydrogen) atoms. The second-order valence-corrected chi connectivity index (χ2v) is 9.24. The van der Waals surface area contributed by atoms with Crippen LogP contribution < -0.4 is 9.46 Å². The Morgan fingerprint density at radius 3 is 2.47 bits per heavy atom. The minimum Gasteiger partial charge on any atom is -0.497 e. The van der Waals surface area contributed by atoms with Crippen molar-refractivity contribution in [1.29, 1.82) is 0 Å². The van der Waals surface area contributed by atoms with E-state index in [4.69, 9.17) is 25.6 Å². The van der Waals surface area contributed by atoms with Gasteiger partial charge >= 0.3 is 5.97 Å². The summed E-state index contributed by atoms with van der Waals surface area (Å²) in [5.41, 5.74) is 0.548. The third-order valence-corrected chi connectivity index (χ3v) is 6.27. The fraction of sp³-hybridized carbons (Fsp3) is 0.286. The highest BCUT2D eigenvalue weighted by atomic mass is 35.5. The summed E-state index contributed by atoms with van der Waals surface area (Å²) in [6.07, 6.45) is 0. The van der Waals surface area contributed by atoms with E-state index >= 15 is 0 Å². The number of hydrogen-bond donors (Lipinski definition) is 1. The van der Waals surface area contributed by atoms with Crippen molar-refractivity contribution in [3.63, 3.8) is 0 Å². The molecule has 170 valence electrons. The fourth-order valence-corrected chi connectivity index (χ4v) is 4.28. The van der Waals surface area contributed by atoms with Crippen molar-refractivity contribution in [2.45, 2.75) is 31.4 Å². The van der Waals surface area contributed by atoms with E-state index in [1.165, 1.54) is 31.4 Å². The second kappa shape index (κ2) is 10.1. The molecule has 0 unspecified atom stereocenters. The minimum atomic E-state index is -3.96. The lowest BCUT2D eigenvalue weighted by Crippen LogP contribution is -2.45. The molecule has 0 radical (unpaired) electrons. The van der Waals surface area contributed by atoms with Crippen LogP contribution in [-0.2, 0) is 26.2 Å². The van der Waals surface area contributed by atoms with Gasteiger partial charge in [0.15, 0.2) is 6.61 Å². The van der Waals surface area contributed by atoms with Gasteiger partial charge < -0.3 is 14.0 Å². The van der Waals surface area contributed by atoms with Crippen LogP contribution >= 0.6 is 11.6 Å². The molecule has 11 heteroatoms. The number of aromatic nitrogens is 2. The van der Waals surface area contributed by atoms with Crippen molar-refractivity contribution in [2.24, 2.45) is 5.92 Å². The SMILES string of the molecule is COc1ccc(S(=O)(=O)N[C@H](C(=O)OCc2noc(-c3ccccc3Cl)n2)C(C)C)cc1. The summed E-state index contributed by atoms with van der Waals surface area (Å²) in [5.74, 6) is -0.322. The van der Waals surface area contributed by atoms with E-state index in [0.717, 1.165) is 0 Å². The third kappa shape index (κ3) is 5.64. The first kappa shape index (κ1) is 23.7. The van der Waals surface area contributed by atoms with E-state index in [9.17, 15) is 13.2 Å². The zero-order valence-electron chi connectivity index (χ0n) is 17.6. The summed E-state index contributed by atoms with van der Waals surface area (Å²) in [6.45, 7) is 3.11. The maximum absolute atomic E-state index is 12.7. The van der Waals surface area contributed by atoms with Gasteiger partial charge in [0.05, 0.1) is 22.6 Å². The highest BCUT2D eigenvalue weighted by molar-refractivity contribution is 7.89. The quantitative estimate of drug-likeness (QED) is 0.463. The predicted molar refractivity (Wildman–Crippen MR) is 116 cm³/mol. The summed E-state index contributed by atoms with van der Waals surface area (Å²) in [4.78, 5) is 16.8. The number of halogens is 1. The van der Waals surface area contributed by atoms with Crippen molar-refractivity contribution in [1.82, 2.24) is 14.9 Å². The van der Waals surface area contributed by atoms with Crippen LogP contribution in [-0.4, -0.2) is 37.7 Å². The number of esters is 1. The molecular formula is C21H22ClN3O6S. The van der Waals surface area contributed by atoms with Crippen molar-refractivity contribution in [2.75, 3.05) is 7.11 Å². The average Bonchev–Trinajstić information content (AvgIpc) is 3.25. The molecule has 0 amide bonds. The third-order valence-electron chi connectivity index (χ3n) is 4.49. The van der Waals surface area contributed by atoms with Gasteiger partial charge in [-0.25, -0.2) is 8.42 Å². The molecule has 1 aromatic heterocycles. The zero-order valence-corrected chi connectivity index (χ0v) is 19.2. The Hall–Kier alpha value is -2.95. The topological polar surface area (TPSA) is 121 Å². The lowest BCUT2D eigenvalue weighted by molar-refractivity contribution is -0.148. The molecule has 3 aromatic rings. The van der Waals surface area contributed by atoms with Gasteiger partial charge in [0, 0.05) is 0 Å². The average molecular weight is 480 g/mol. The molecular weight excluding hydrogens is 458 g/mol. The maximum Gasteiger partial charge on any atom is 0.324 e. The van der Waals surface area contributed by atoms with Crippen LogP contribution in [0.15, 0.2) is 57.9 Å². The van der Waals surface area contributed by atoms with Gasteiger partial charge in [0.25, 0.3) is 5.89 Å². The summed E-state index contributed by atoms with van der Waals surface area (Å²) >= 11 is 6.12. The smallest absolute Gasteiger partial charge is 0.324 e. The van der Waals surface area contributed by atoms with Crippen LogP contribution in [0.4, 0.5) is 0 Å². The first-order chi connectivity index (χ1) is 15.2. The fourth-order valence-electron chi connectivity index (χ4n) is 2.73. The number of methoxy groups -OCH3 is 1. The Morgan fingerprint density at radius 1 is 1.16 bits per heavy atom. The number of sulfonamides is 1. The van der Waals surface area contributed by atoms with E-state index in [-0.39, 0.29) is 29.1 Å². The van der Waals surface area contributed by atoms with E-state index in [2.05, 4.69) is 14.9 Å². The molecule has 1 N–H and O–H groups in total. The van der Waals surface area contributed by atoms with Gasteiger partial charge in [-0.1, -0.05) is 42.7 Å². The van der Waals surface area contributed by atoms with E-state index in [1.54, 1.807) is 38.1 Å². The molecule has 3 rings (SSSR count). The van der Waals surface area contributed by atoms with Crippen molar-refractivity contribution in [3.8, 4) is 17.2 Å². The molecule has 0 aliphatic rings. The lowest BCUT2D eigenvalue weighted by atomic mass is 10.1. The van der Waals surface area contributed by atoms with Gasteiger partial charge in [0.1, 0.15) is 11.8 Å². The monoisotopic (exact) mass is 479 g/mol. The number of ether oxygens (including phenoxy) is 2. The molecule has 0 bridgehead atoms. The van der Waals surface area contributed by atoms with E-state index in [1.807, 2.05) is 0 Å². The maximum atomic E-state index is 12.7. The molecule has 9 nitrogen and oxygen atoms in total. The van der Waals surface area contributed by atoms with Crippen LogP contribution in [0, 0.1) is 5.92 Å². The van der Waals surface area contributed by atoms with Crippen molar-refractivity contribution in [3.05, 3.63) is 59.4 Å². The molecule has 2 aromatic carbocycles. The largest absolute Gasteiger partial charge is 0.497 e. The van der Waals surface area contributed by atoms with Crippen LogP contribution in [0.3, 0.4) is 0 Å². The predicted octanol–water partition coefficient (Wildman–Crippen LogP) is 3.44. The molecule has 0 saturated heterocycles. The number of nitrogens with zero attached hydrogens (tertiary/aromatic N) is 2. The molecule has 0 fully saturated rings. The van der Waals surface area contributed by atoms with Gasteiger partial charge in [-0.3, -0.25) is 4.79 Å². The zero-order chi connectivity index (χ0) is 23.3. The number of carbonyl (C=O) groups is 1. The standard InChI is InChI=1S/C21H22ClN3O6S/c1-13(2)19(25-32(27,28)15-10-8-14(29-3)9-11-15)21(26)30-12-18-23-20(31-24-18)16-6-4-5-7-17(16)22/h4-11,13,19,25H,12H2,1-3H3/t19-/m0/s1. The number of carbonyl (C=O) groups excluding carboxylic acids is 1. The molecule has 0 aliphatic heterocycles. The summed E-state index contributed by atoms with van der Waals surface area (Å²) in [7, 11) is -2.49. The second-order valence-electron chi connectivity index (χ2n) is 7.12. The first-order valence-corrected chi connectivity index (χ1v) is 11.5. The molecule has 0 spiro atoms. The van der Waals surface area contributed by atoms with Gasteiger partial charge in [0.2, 0.25) is 15.8 Å². The Morgan fingerprint density at radius 2 is 1.84 bits per heavy atom. The van der Waals surface area contributed by atoms with Crippen molar-refractivity contribution < 1.29 is 27.2 Å². The summed E-state index contributed by atoms with van der Waals surface area (Å²) in [5, 5.41) is 4.21. The number of rotatable bonds is 9. The number of nitrogens with one attached hydrogen (secondary N) is 1. The lowest BCUT2D eigenvalue weighted by Gasteiger charge is -2.20. The Bertz CT molecular complexity index is 1180. The Balaban J connectivity index is 1.67. The number of hydrogen-bond acceptors (Lipinski definition) is 8. The Kier molecular flexibility index (Phi) is 7.49. The summed E-state index contributed by atoms with van der Waals surface area (Å²) in [6, 6.07) is 11.6. The van der Waals surface area contributed by atoms with Crippen LogP contribution in [0.1, 0.15) is 19.7 Å². The van der Waals surface area contributed by atoms with Crippen LogP contribution in [0.2, 0.25) is 5.02 Å². The Labute approximate surface area is 190 Å². The molecule has 1 heterocycles. The number of benzene rings is 2. The van der Waals surface area contributed by atoms with E-state index < -0.39 is 22.0 Å². The van der Waals surface area contributed by atoms with E-state index in [0.29, 0.717) is 16.3 Å². The van der Waals surface area contributed by atoms with Crippen LogP contribution in [0.25, 0.3) is 11.5 Å². The van der Waals surface area contributed by atoms with Crippen LogP contribution in [0.5, 0.6) is 5.75 Å². The summed E-state index contributed by atoms with van der Waals surface area (Å²) < 4.78 is 43.3. The highest BCUT2D eigenvalue weighted by Crippen LogP contribution is 2.26. The minimum absolute atomic E-state index is 0.000649. The van der Waals surface area contributed by atoms with Crippen molar-refractivity contribution >= 4 is 27.6 Å². The highest BCUT2D eigenvalue weighted by Gasteiger charge is 2.30. The van der Waals surface area contributed by atoms with Gasteiger partial charge in [-0.05, 0) is 42.3 Å². The van der Waals surface area contributed by atoms with Gasteiger partial charge in [-0.15, -0.1) is 0 Å². The van der Waals surface area contributed by atoms with Gasteiger partial charge in [-0.2, -0.15) is 9.71 Å².